The molecule has 1 fully saturated rings. The molecule has 1 saturated carbocycles. The van der Waals surface area contributed by atoms with Crippen molar-refractivity contribution in [3.05, 3.63) is 53.9 Å². The van der Waals surface area contributed by atoms with Crippen LogP contribution in [0.2, 0.25) is 0 Å². The minimum Gasteiger partial charge on any atom is -0.493 e. The van der Waals surface area contributed by atoms with E-state index < -0.39 is 0 Å². The van der Waals surface area contributed by atoms with Crippen LogP contribution in [0.5, 0.6) is 17.2 Å². The van der Waals surface area contributed by atoms with E-state index >= 15 is 0 Å². The van der Waals surface area contributed by atoms with E-state index in [-0.39, 0.29) is 25.1 Å². The Morgan fingerprint density at radius 3 is 2.51 bits per heavy atom. The maximum Gasteiger partial charge on any atom is 0.254 e. The monoisotopic (exact) mass is 475 g/mol. The molecule has 1 heterocycles. The number of aromatic nitrogens is 2. The molecule has 0 spiro atoms. The summed E-state index contributed by atoms with van der Waals surface area (Å²) in [6.45, 7) is 0.417. The summed E-state index contributed by atoms with van der Waals surface area (Å²) in [5.74, 6) is 4.97. The zero-order valence-electron chi connectivity index (χ0n) is 20.0. The second-order valence-electron chi connectivity index (χ2n) is 8.32. The van der Waals surface area contributed by atoms with Crippen LogP contribution >= 0.6 is 0 Å². The van der Waals surface area contributed by atoms with Crippen LogP contribution in [0.25, 0.3) is 11.4 Å². The molecule has 2 aromatic carbocycles. The molecule has 8 heteroatoms. The summed E-state index contributed by atoms with van der Waals surface area (Å²) in [6, 6.07) is 12.6. The second kappa shape index (κ2) is 11.4. The quantitative estimate of drug-likeness (QED) is 0.413. The number of terminal acetylenes is 1. The number of carbonyl (C=O) groups is 1. The zero-order chi connectivity index (χ0) is 24.6. The first kappa shape index (κ1) is 24.1. The molecule has 0 aliphatic heterocycles. The zero-order valence-corrected chi connectivity index (χ0v) is 20.0. The van der Waals surface area contributed by atoms with Gasteiger partial charge in [0.15, 0.2) is 11.5 Å². The fourth-order valence-corrected chi connectivity index (χ4v) is 4.30. The normalized spacial score (nSPS) is 13.6. The van der Waals surface area contributed by atoms with Gasteiger partial charge in [-0.1, -0.05) is 30.3 Å². The first-order valence-electron chi connectivity index (χ1n) is 11.6. The highest BCUT2D eigenvalue weighted by atomic mass is 16.5. The number of hydrogen-bond donors (Lipinski definition) is 0. The summed E-state index contributed by atoms with van der Waals surface area (Å²) in [4.78, 5) is 19.9. The van der Waals surface area contributed by atoms with Crippen LogP contribution in [0.3, 0.4) is 0 Å². The van der Waals surface area contributed by atoms with Gasteiger partial charge in [-0.2, -0.15) is 4.98 Å². The van der Waals surface area contributed by atoms with Gasteiger partial charge in [0.25, 0.3) is 5.91 Å². The number of carbonyl (C=O) groups excluding carboxylic acids is 1. The van der Waals surface area contributed by atoms with Gasteiger partial charge < -0.3 is 23.6 Å². The Morgan fingerprint density at radius 1 is 1.09 bits per heavy atom. The van der Waals surface area contributed by atoms with Gasteiger partial charge in [-0.25, -0.2) is 0 Å². The molecule has 1 aromatic heterocycles. The average molecular weight is 476 g/mol. The lowest BCUT2D eigenvalue weighted by molar-refractivity contribution is 0.0586. The van der Waals surface area contributed by atoms with Crippen molar-refractivity contribution in [2.24, 2.45) is 0 Å². The summed E-state index contributed by atoms with van der Waals surface area (Å²) in [6.07, 6.45) is 10.5. The van der Waals surface area contributed by atoms with Gasteiger partial charge in [0.05, 0.1) is 14.2 Å². The lowest BCUT2D eigenvalue weighted by atomic mass is 9.93. The van der Waals surface area contributed by atoms with E-state index in [0.717, 1.165) is 31.2 Å². The lowest BCUT2D eigenvalue weighted by Gasteiger charge is -2.33. The smallest absolute Gasteiger partial charge is 0.254 e. The molecule has 1 amide bonds. The standard InChI is InChI=1S/C27H29N3O5/c1-4-16-34-22-13-10-19(11-14-22)27(31)30(21-8-6-5-7-9-21)18-25-28-26(29-35-25)20-12-15-23(32-2)24(17-20)33-3/h1,10-15,17,21H,5-9,16,18H2,2-3H3. The van der Waals surface area contributed by atoms with Crippen molar-refractivity contribution in [3.63, 3.8) is 0 Å². The SMILES string of the molecule is C#CCOc1ccc(C(=O)N(Cc2nc(-c3ccc(OC)c(OC)c3)no2)C2CCCCC2)cc1. The number of amides is 1. The maximum atomic E-state index is 13.5. The molecule has 0 saturated heterocycles. The molecule has 1 aliphatic carbocycles. The molecular formula is C27H29N3O5. The fourth-order valence-electron chi connectivity index (χ4n) is 4.30. The van der Waals surface area contributed by atoms with E-state index in [1.54, 1.807) is 50.6 Å². The first-order valence-corrected chi connectivity index (χ1v) is 11.6. The van der Waals surface area contributed by atoms with Crippen molar-refractivity contribution in [2.45, 2.75) is 44.7 Å². The van der Waals surface area contributed by atoms with Crippen LogP contribution in [0.15, 0.2) is 47.0 Å². The highest BCUT2D eigenvalue weighted by Crippen LogP contribution is 2.32. The number of ether oxygens (including phenoxy) is 3. The Balaban J connectivity index is 1.55. The van der Waals surface area contributed by atoms with E-state index in [4.69, 9.17) is 25.2 Å². The van der Waals surface area contributed by atoms with Crippen LogP contribution in [0.1, 0.15) is 48.4 Å². The Bertz CT molecular complexity index is 1180. The Morgan fingerprint density at radius 2 is 1.83 bits per heavy atom. The molecule has 35 heavy (non-hydrogen) atoms. The summed E-state index contributed by atoms with van der Waals surface area (Å²) in [5, 5.41) is 4.13. The van der Waals surface area contributed by atoms with Gasteiger partial charge in [-0.3, -0.25) is 4.79 Å². The number of methoxy groups -OCH3 is 2. The Labute approximate surface area is 205 Å². The summed E-state index contributed by atoms with van der Waals surface area (Å²) < 4.78 is 21.7. The second-order valence-corrected chi connectivity index (χ2v) is 8.32. The van der Waals surface area contributed by atoms with Crippen LogP contribution in [-0.4, -0.2) is 47.8 Å². The molecule has 0 N–H and O–H groups in total. The number of rotatable bonds is 9. The molecule has 0 bridgehead atoms. The van der Waals surface area contributed by atoms with E-state index in [0.29, 0.717) is 34.5 Å². The largest absolute Gasteiger partial charge is 0.493 e. The Kier molecular flexibility index (Phi) is 7.88. The average Bonchev–Trinajstić information content (AvgIpc) is 3.39. The first-order chi connectivity index (χ1) is 17.1. The molecule has 4 rings (SSSR count). The predicted octanol–water partition coefficient (Wildman–Crippen LogP) is 4.74. The molecule has 182 valence electrons. The van der Waals surface area contributed by atoms with Crippen LogP contribution in [-0.2, 0) is 6.54 Å². The van der Waals surface area contributed by atoms with Gasteiger partial charge in [0.2, 0.25) is 11.7 Å². The van der Waals surface area contributed by atoms with E-state index in [9.17, 15) is 4.79 Å². The molecule has 8 nitrogen and oxygen atoms in total. The minimum atomic E-state index is -0.0775. The molecule has 0 radical (unpaired) electrons. The van der Waals surface area contributed by atoms with Gasteiger partial charge in [-0.15, -0.1) is 6.42 Å². The molecule has 0 atom stereocenters. The van der Waals surface area contributed by atoms with Gasteiger partial charge >= 0.3 is 0 Å². The summed E-state index contributed by atoms with van der Waals surface area (Å²) in [7, 11) is 3.16. The van der Waals surface area contributed by atoms with E-state index in [1.165, 1.54) is 6.42 Å². The van der Waals surface area contributed by atoms with Crippen molar-refractivity contribution >= 4 is 5.91 Å². The minimum absolute atomic E-state index is 0.0775. The predicted molar refractivity (Wildman–Crippen MR) is 130 cm³/mol. The van der Waals surface area contributed by atoms with Crippen molar-refractivity contribution < 1.29 is 23.5 Å². The third-order valence-corrected chi connectivity index (χ3v) is 6.12. The molecule has 3 aromatic rings. The topological polar surface area (TPSA) is 86.9 Å². The van der Waals surface area contributed by atoms with Crippen molar-refractivity contribution in [1.82, 2.24) is 15.0 Å². The van der Waals surface area contributed by atoms with E-state index in [1.807, 2.05) is 11.0 Å². The van der Waals surface area contributed by atoms with Crippen LogP contribution in [0.4, 0.5) is 0 Å². The highest BCUT2D eigenvalue weighted by molar-refractivity contribution is 5.94. The van der Waals surface area contributed by atoms with E-state index in [2.05, 4.69) is 16.1 Å². The summed E-state index contributed by atoms with van der Waals surface area (Å²) >= 11 is 0. The van der Waals surface area contributed by atoms with Gasteiger partial charge in [0, 0.05) is 17.2 Å². The third kappa shape index (κ3) is 5.75. The van der Waals surface area contributed by atoms with Crippen molar-refractivity contribution in [3.8, 4) is 41.0 Å². The van der Waals surface area contributed by atoms with Gasteiger partial charge in [0.1, 0.15) is 18.9 Å². The lowest BCUT2D eigenvalue weighted by Crippen LogP contribution is -2.41. The Hall–Kier alpha value is -3.99. The highest BCUT2D eigenvalue weighted by Gasteiger charge is 2.28. The molecular weight excluding hydrogens is 446 g/mol. The third-order valence-electron chi connectivity index (χ3n) is 6.12. The molecule has 1 aliphatic rings. The number of nitrogens with zero attached hydrogens (tertiary/aromatic N) is 3. The number of benzene rings is 2. The van der Waals surface area contributed by atoms with Crippen molar-refractivity contribution in [2.75, 3.05) is 20.8 Å². The van der Waals surface area contributed by atoms with Crippen LogP contribution in [0, 0.1) is 12.3 Å². The molecule has 0 unspecified atom stereocenters. The van der Waals surface area contributed by atoms with Crippen molar-refractivity contribution in [1.29, 1.82) is 0 Å². The van der Waals surface area contributed by atoms with Crippen LogP contribution < -0.4 is 14.2 Å². The maximum absolute atomic E-state index is 13.5. The van der Waals surface area contributed by atoms with Gasteiger partial charge in [-0.05, 0) is 55.3 Å². The fraction of sp³-hybridized carbons (Fsp3) is 0.370. The number of hydrogen-bond acceptors (Lipinski definition) is 7. The summed E-state index contributed by atoms with van der Waals surface area (Å²) in [5.41, 5.74) is 1.30.